The van der Waals surface area contributed by atoms with Gasteiger partial charge < -0.3 is 5.32 Å². The fourth-order valence-corrected chi connectivity index (χ4v) is 2.21. The molecule has 0 aromatic carbocycles. The summed E-state index contributed by atoms with van der Waals surface area (Å²) in [7, 11) is 0. The van der Waals surface area contributed by atoms with Gasteiger partial charge in [0.15, 0.2) is 5.65 Å². The van der Waals surface area contributed by atoms with Gasteiger partial charge in [0.05, 0.1) is 0 Å². The van der Waals surface area contributed by atoms with E-state index in [0.29, 0.717) is 5.92 Å². The quantitative estimate of drug-likeness (QED) is 0.737. The van der Waals surface area contributed by atoms with Crippen molar-refractivity contribution in [1.29, 1.82) is 0 Å². The third-order valence-electron chi connectivity index (χ3n) is 3.01. The number of hydrogen-bond donors (Lipinski definition) is 1. The maximum Gasteiger partial charge on any atom is 0.179 e. The van der Waals surface area contributed by atoms with Crippen LogP contribution in [0.15, 0.2) is 18.2 Å². The number of aromatic nitrogens is 4. The molecule has 1 aliphatic heterocycles. The minimum atomic E-state index is 0.582. The highest BCUT2D eigenvalue weighted by Crippen LogP contribution is 2.24. The van der Waals surface area contributed by atoms with Crippen molar-refractivity contribution < 1.29 is 0 Å². The van der Waals surface area contributed by atoms with E-state index >= 15 is 0 Å². The van der Waals surface area contributed by atoms with Crippen molar-refractivity contribution >= 4 is 5.65 Å². The molecule has 0 spiro atoms. The Labute approximate surface area is 87.5 Å². The lowest BCUT2D eigenvalue weighted by Crippen LogP contribution is -2.27. The van der Waals surface area contributed by atoms with Crippen LogP contribution >= 0.6 is 0 Å². The van der Waals surface area contributed by atoms with E-state index in [1.807, 2.05) is 16.6 Å². The monoisotopic (exact) mass is 203 g/mol. The first-order valence-corrected chi connectivity index (χ1v) is 5.33. The number of rotatable bonds is 1. The summed E-state index contributed by atoms with van der Waals surface area (Å²) in [5.41, 5.74) is 2.07. The SMILES string of the molecule is c1cc(C2CCNCC2)n2nnnc2c1. The minimum Gasteiger partial charge on any atom is -0.317 e. The standard InChI is InChI=1S/C10H13N5/c1-2-9(8-4-6-11-7-5-8)15-10(3-1)12-13-14-15/h1-3,8,11H,4-7H2. The van der Waals surface area contributed by atoms with Crippen molar-refractivity contribution in [2.24, 2.45) is 0 Å². The fourth-order valence-electron chi connectivity index (χ4n) is 2.21. The molecule has 1 saturated heterocycles. The lowest BCUT2D eigenvalue weighted by Gasteiger charge is -2.22. The predicted octanol–water partition coefficient (Wildman–Crippen LogP) is 0.591. The van der Waals surface area contributed by atoms with Gasteiger partial charge in [-0.25, -0.2) is 0 Å². The van der Waals surface area contributed by atoms with Gasteiger partial charge in [0.2, 0.25) is 0 Å². The molecule has 3 rings (SSSR count). The van der Waals surface area contributed by atoms with Crippen LogP contribution in [0.4, 0.5) is 0 Å². The largest absolute Gasteiger partial charge is 0.317 e. The average molecular weight is 203 g/mol. The van der Waals surface area contributed by atoms with Gasteiger partial charge >= 0.3 is 0 Å². The lowest BCUT2D eigenvalue weighted by atomic mass is 9.94. The molecule has 0 unspecified atom stereocenters. The average Bonchev–Trinajstić information content (AvgIpc) is 2.78. The third-order valence-corrected chi connectivity index (χ3v) is 3.01. The van der Waals surface area contributed by atoms with E-state index in [9.17, 15) is 0 Å². The van der Waals surface area contributed by atoms with Crippen molar-refractivity contribution in [3.8, 4) is 0 Å². The van der Waals surface area contributed by atoms with E-state index in [0.717, 1.165) is 18.7 Å². The molecule has 1 N–H and O–H groups in total. The molecule has 2 aromatic heterocycles. The summed E-state index contributed by atoms with van der Waals surface area (Å²) in [4.78, 5) is 0. The van der Waals surface area contributed by atoms with Gasteiger partial charge in [0.25, 0.3) is 0 Å². The number of nitrogens with one attached hydrogen (secondary N) is 1. The Bertz CT molecular complexity index is 458. The molecule has 1 aliphatic rings. The topological polar surface area (TPSA) is 55.1 Å². The normalized spacial score (nSPS) is 18.4. The highest BCUT2D eigenvalue weighted by molar-refractivity contribution is 5.37. The second-order valence-electron chi connectivity index (χ2n) is 3.92. The van der Waals surface area contributed by atoms with E-state index in [1.54, 1.807) is 0 Å². The summed E-state index contributed by atoms with van der Waals surface area (Å²) in [6.45, 7) is 2.17. The Balaban J connectivity index is 2.05. The van der Waals surface area contributed by atoms with Crippen molar-refractivity contribution in [3.05, 3.63) is 23.9 Å². The summed E-state index contributed by atoms with van der Waals surface area (Å²) in [5.74, 6) is 0.582. The first-order chi connectivity index (χ1) is 7.45. The van der Waals surface area contributed by atoms with Crippen LogP contribution in [0.2, 0.25) is 0 Å². The molecule has 5 nitrogen and oxygen atoms in total. The molecule has 0 radical (unpaired) electrons. The molecule has 0 saturated carbocycles. The number of piperidine rings is 1. The van der Waals surface area contributed by atoms with Gasteiger partial charge in [-0.2, -0.15) is 4.52 Å². The van der Waals surface area contributed by atoms with Crippen LogP contribution in [0.1, 0.15) is 24.5 Å². The van der Waals surface area contributed by atoms with Gasteiger partial charge in [0.1, 0.15) is 0 Å². The number of tetrazole rings is 1. The number of hydrogen-bond acceptors (Lipinski definition) is 4. The first kappa shape index (κ1) is 8.79. The van der Waals surface area contributed by atoms with E-state index in [-0.39, 0.29) is 0 Å². The van der Waals surface area contributed by atoms with Gasteiger partial charge in [-0.05, 0) is 48.5 Å². The second kappa shape index (κ2) is 3.58. The Hall–Kier alpha value is -1.49. The summed E-state index contributed by atoms with van der Waals surface area (Å²) >= 11 is 0. The molecule has 3 heterocycles. The summed E-state index contributed by atoms with van der Waals surface area (Å²) in [5, 5.41) is 15.1. The van der Waals surface area contributed by atoms with Crippen molar-refractivity contribution in [3.63, 3.8) is 0 Å². The van der Waals surface area contributed by atoms with Gasteiger partial charge in [0, 0.05) is 11.6 Å². The molecule has 78 valence electrons. The van der Waals surface area contributed by atoms with Crippen LogP contribution in [0.3, 0.4) is 0 Å². The van der Waals surface area contributed by atoms with E-state index in [1.165, 1.54) is 18.5 Å². The van der Waals surface area contributed by atoms with E-state index < -0.39 is 0 Å². The molecular formula is C10H13N5. The third kappa shape index (κ3) is 1.48. The highest BCUT2D eigenvalue weighted by atomic mass is 15.5. The molecule has 0 amide bonds. The van der Waals surface area contributed by atoms with E-state index in [4.69, 9.17) is 0 Å². The van der Waals surface area contributed by atoms with Gasteiger partial charge in [-0.15, -0.1) is 5.10 Å². The van der Waals surface area contributed by atoms with Crippen LogP contribution < -0.4 is 5.32 Å². The maximum atomic E-state index is 4.03. The fraction of sp³-hybridized carbons (Fsp3) is 0.500. The number of nitrogens with zero attached hydrogens (tertiary/aromatic N) is 4. The van der Waals surface area contributed by atoms with E-state index in [2.05, 4.69) is 26.9 Å². The lowest BCUT2D eigenvalue weighted by molar-refractivity contribution is 0.446. The smallest absolute Gasteiger partial charge is 0.179 e. The Morgan fingerprint density at radius 2 is 2.13 bits per heavy atom. The summed E-state index contributed by atoms with van der Waals surface area (Å²) in [6, 6.07) is 6.09. The highest BCUT2D eigenvalue weighted by Gasteiger charge is 2.18. The zero-order valence-electron chi connectivity index (χ0n) is 8.43. The van der Waals surface area contributed by atoms with Crippen molar-refractivity contribution in [2.45, 2.75) is 18.8 Å². The van der Waals surface area contributed by atoms with Crippen LogP contribution in [0.5, 0.6) is 0 Å². The Morgan fingerprint density at radius 1 is 1.27 bits per heavy atom. The number of fused-ring (bicyclic) bond motifs is 1. The van der Waals surface area contributed by atoms with Crippen LogP contribution in [0.25, 0.3) is 5.65 Å². The summed E-state index contributed by atoms with van der Waals surface area (Å²) in [6.07, 6.45) is 2.33. The Kier molecular flexibility index (Phi) is 2.10. The maximum absolute atomic E-state index is 4.03. The molecule has 2 aromatic rings. The minimum absolute atomic E-state index is 0.582. The molecule has 0 aliphatic carbocycles. The van der Waals surface area contributed by atoms with Crippen molar-refractivity contribution in [2.75, 3.05) is 13.1 Å². The zero-order chi connectivity index (χ0) is 10.1. The second-order valence-corrected chi connectivity index (χ2v) is 3.92. The molecule has 0 atom stereocenters. The predicted molar refractivity (Wildman–Crippen MR) is 55.6 cm³/mol. The molecule has 0 bridgehead atoms. The van der Waals surface area contributed by atoms with Gasteiger partial charge in [-0.1, -0.05) is 6.07 Å². The van der Waals surface area contributed by atoms with Crippen molar-refractivity contribution in [1.82, 2.24) is 25.4 Å². The zero-order valence-corrected chi connectivity index (χ0v) is 8.43. The first-order valence-electron chi connectivity index (χ1n) is 5.33. The molecule has 5 heteroatoms. The Morgan fingerprint density at radius 3 is 3.00 bits per heavy atom. The van der Waals surface area contributed by atoms with Crippen LogP contribution in [-0.2, 0) is 0 Å². The summed E-state index contributed by atoms with van der Waals surface area (Å²) < 4.78 is 1.86. The van der Waals surface area contributed by atoms with Crippen LogP contribution in [0, 0.1) is 0 Å². The molecule has 15 heavy (non-hydrogen) atoms. The van der Waals surface area contributed by atoms with Gasteiger partial charge in [-0.3, -0.25) is 0 Å². The molecule has 1 fully saturated rings. The molecular weight excluding hydrogens is 190 g/mol. The van der Waals surface area contributed by atoms with Crippen LogP contribution in [-0.4, -0.2) is 33.1 Å². The number of pyridine rings is 1.